The molecule has 0 amide bonds. The van der Waals surface area contributed by atoms with Gasteiger partial charge in [-0.05, 0) is 18.6 Å². The highest BCUT2D eigenvalue weighted by Gasteiger charge is 2.10. The number of rotatable bonds is 13. The highest BCUT2D eigenvalue weighted by atomic mass is 32.2. The topological polar surface area (TPSA) is 46.5 Å². The number of benzene rings is 2. The third kappa shape index (κ3) is 6.73. The van der Waals surface area contributed by atoms with Gasteiger partial charge < -0.3 is 9.29 Å². The van der Waals surface area contributed by atoms with Crippen LogP contribution in [0.25, 0.3) is 10.8 Å². The van der Waals surface area contributed by atoms with Gasteiger partial charge in [0.1, 0.15) is 5.75 Å². The minimum atomic E-state index is -1.98. The fourth-order valence-electron chi connectivity index (χ4n) is 3.29. The molecule has 0 radical (unpaired) electrons. The molecule has 1 atom stereocenters. The minimum Gasteiger partial charge on any atom is -0.493 e. The number of ether oxygens (including phenoxy) is 1. The maximum absolute atomic E-state index is 11.5. The number of unbranched alkanes of at least 4 members (excludes halogenated alkanes) is 9. The summed E-state index contributed by atoms with van der Waals surface area (Å²) in [6.07, 6.45) is 13.1. The van der Waals surface area contributed by atoms with Crippen molar-refractivity contribution in [2.45, 2.75) is 76.0 Å². The third-order valence-corrected chi connectivity index (χ3v) is 5.52. The predicted molar refractivity (Wildman–Crippen MR) is 110 cm³/mol. The average Bonchev–Trinajstić information content (AvgIpc) is 2.65. The number of hydrogen-bond donors (Lipinski definition) is 1. The molecule has 0 aromatic heterocycles. The first-order valence-electron chi connectivity index (χ1n) is 9.99. The van der Waals surface area contributed by atoms with E-state index in [1.165, 1.54) is 57.8 Å². The number of hydrogen-bond acceptors (Lipinski definition) is 2. The molecule has 0 aliphatic heterocycles. The quantitative estimate of drug-likeness (QED) is 0.312. The summed E-state index contributed by atoms with van der Waals surface area (Å²) in [4.78, 5) is 0.437. The fourth-order valence-corrected chi connectivity index (χ4v) is 3.84. The van der Waals surface area contributed by atoms with Crippen LogP contribution in [0, 0.1) is 0 Å². The molecule has 0 aliphatic rings. The van der Waals surface area contributed by atoms with E-state index >= 15 is 0 Å². The van der Waals surface area contributed by atoms with Crippen LogP contribution in [-0.2, 0) is 11.1 Å². The van der Waals surface area contributed by atoms with Crippen molar-refractivity contribution in [3.63, 3.8) is 0 Å². The van der Waals surface area contributed by atoms with Crippen LogP contribution in [0.4, 0.5) is 0 Å². The van der Waals surface area contributed by atoms with E-state index in [2.05, 4.69) is 6.92 Å². The third-order valence-electron chi connectivity index (χ3n) is 4.79. The van der Waals surface area contributed by atoms with Crippen molar-refractivity contribution >= 4 is 21.9 Å². The van der Waals surface area contributed by atoms with Gasteiger partial charge in [0.25, 0.3) is 0 Å². The van der Waals surface area contributed by atoms with Crippen LogP contribution in [-0.4, -0.2) is 15.4 Å². The number of fused-ring (bicyclic) bond motifs is 1. The normalized spacial score (nSPS) is 12.4. The Labute approximate surface area is 160 Å². The molecule has 0 spiro atoms. The Morgan fingerprint density at radius 3 is 2.00 bits per heavy atom. The van der Waals surface area contributed by atoms with Crippen LogP contribution in [0.2, 0.25) is 0 Å². The molecular formula is C22H32O3S. The summed E-state index contributed by atoms with van der Waals surface area (Å²) in [5.74, 6) is 0.797. The van der Waals surface area contributed by atoms with Gasteiger partial charge in [-0.25, -0.2) is 4.21 Å². The molecule has 0 aliphatic carbocycles. The molecule has 4 heteroatoms. The molecule has 144 valence electrons. The van der Waals surface area contributed by atoms with E-state index in [-0.39, 0.29) is 0 Å². The lowest BCUT2D eigenvalue weighted by Crippen LogP contribution is -1.99. The Morgan fingerprint density at radius 1 is 0.808 bits per heavy atom. The van der Waals surface area contributed by atoms with Crippen LogP contribution in [0.15, 0.2) is 41.3 Å². The summed E-state index contributed by atoms with van der Waals surface area (Å²) < 4.78 is 26.8. The van der Waals surface area contributed by atoms with Gasteiger partial charge in [-0.3, -0.25) is 0 Å². The van der Waals surface area contributed by atoms with E-state index in [1.807, 2.05) is 30.3 Å². The van der Waals surface area contributed by atoms with Crippen LogP contribution in [0.1, 0.15) is 71.1 Å². The smallest absolute Gasteiger partial charge is 0.187 e. The maximum Gasteiger partial charge on any atom is 0.187 e. The van der Waals surface area contributed by atoms with Crippen molar-refractivity contribution in [2.75, 3.05) is 6.61 Å². The summed E-state index contributed by atoms with van der Waals surface area (Å²) in [7, 11) is 0. The van der Waals surface area contributed by atoms with Crippen molar-refractivity contribution in [1.29, 1.82) is 0 Å². The highest BCUT2D eigenvalue weighted by molar-refractivity contribution is 7.79. The van der Waals surface area contributed by atoms with Crippen LogP contribution >= 0.6 is 0 Å². The van der Waals surface area contributed by atoms with E-state index in [0.29, 0.717) is 11.5 Å². The van der Waals surface area contributed by atoms with Gasteiger partial charge in [0.2, 0.25) is 0 Å². The molecule has 2 rings (SSSR count). The second-order valence-electron chi connectivity index (χ2n) is 6.89. The molecule has 1 N–H and O–H groups in total. The first-order chi connectivity index (χ1) is 12.7. The maximum atomic E-state index is 11.5. The second-order valence-corrected chi connectivity index (χ2v) is 7.83. The predicted octanol–water partition coefficient (Wildman–Crippen LogP) is 6.72. The van der Waals surface area contributed by atoms with Crippen LogP contribution in [0.3, 0.4) is 0 Å². The summed E-state index contributed by atoms with van der Waals surface area (Å²) in [6, 6.07) is 11.1. The zero-order valence-corrected chi connectivity index (χ0v) is 16.7. The first kappa shape index (κ1) is 20.9. The van der Waals surface area contributed by atoms with Gasteiger partial charge in [-0.1, -0.05) is 89.0 Å². The van der Waals surface area contributed by atoms with Gasteiger partial charge >= 0.3 is 0 Å². The Hall–Kier alpha value is -1.39. The van der Waals surface area contributed by atoms with Crippen LogP contribution < -0.4 is 4.74 Å². The minimum absolute atomic E-state index is 0.437. The second kappa shape index (κ2) is 12.1. The molecule has 1 unspecified atom stereocenters. The van der Waals surface area contributed by atoms with Crippen molar-refractivity contribution < 1.29 is 13.5 Å². The lowest BCUT2D eigenvalue weighted by molar-refractivity contribution is 0.307. The summed E-state index contributed by atoms with van der Waals surface area (Å²) in [5, 5.41) is 1.69. The van der Waals surface area contributed by atoms with Crippen molar-refractivity contribution in [2.24, 2.45) is 0 Å². The van der Waals surface area contributed by atoms with Gasteiger partial charge in [-0.2, -0.15) is 0 Å². The molecule has 2 aromatic carbocycles. The Morgan fingerprint density at radius 2 is 1.38 bits per heavy atom. The standard InChI is InChI=1S/C22H32O3S/c1-2-3-4-5-6-7-8-9-10-13-18-25-21-16-17-22(26(23)24)20-15-12-11-14-19(20)21/h11-12,14-17H,2-10,13,18H2,1H3,(H,23,24). The van der Waals surface area contributed by atoms with Gasteiger partial charge in [0.05, 0.1) is 11.5 Å². The lowest BCUT2D eigenvalue weighted by Gasteiger charge is -2.11. The molecule has 0 saturated carbocycles. The van der Waals surface area contributed by atoms with Gasteiger partial charge in [-0.15, -0.1) is 0 Å². The van der Waals surface area contributed by atoms with Crippen molar-refractivity contribution in [1.82, 2.24) is 0 Å². The molecule has 3 nitrogen and oxygen atoms in total. The van der Waals surface area contributed by atoms with E-state index in [9.17, 15) is 8.76 Å². The SMILES string of the molecule is CCCCCCCCCCCCOc1ccc(S(=O)O)c2ccccc12. The zero-order valence-electron chi connectivity index (χ0n) is 15.9. The molecular weight excluding hydrogens is 344 g/mol. The van der Waals surface area contributed by atoms with E-state index in [1.54, 1.807) is 6.07 Å². The van der Waals surface area contributed by atoms with E-state index < -0.39 is 11.1 Å². The van der Waals surface area contributed by atoms with Crippen molar-refractivity contribution in [3.8, 4) is 5.75 Å². The van der Waals surface area contributed by atoms with E-state index in [4.69, 9.17) is 4.74 Å². The molecule has 26 heavy (non-hydrogen) atoms. The van der Waals surface area contributed by atoms with Crippen molar-refractivity contribution in [3.05, 3.63) is 36.4 Å². The molecule has 0 saturated heterocycles. The Bertz CT molecular complexity index is 684. The average molecular weight is 377 g/mol. The summed E-state index contributed by atoms with van der Waals surface area (Å²) in [6.45, 7) is 2.95. The Kier molecular flexibility index (Phi) is 9.72. The molecule has 0 bridgehead atoms. The molecule has 0 heterocycles. The molecule has 0 fully saturated rings. The monoisotopic (exact) mass is 376 g/mol. The fraction of sp³-hybridized carbons (Fsp3) is 0.545. The highest BCUT2D eigenvalue weighted by Crippen LogP contribution is 2.30. The molecule has 2 aromatic rings. The van der Waals surface area contributed by atoms with Gasteiger partial charge in [0, 0.05) is 10.8 Å². The van der Waals surface area contributed by atoms with E-state index in [0.717, 1.165) is 22.9 Å². The summed E-state index contributed by atoms with van der Waals surface area (Å²) in [5.41, 5.74) is 0. The first-order valence-corrected chi connectivity index (χ1v) is 11.1. The van der Waals surface area contributed by atoms with Crippen LogP contribution in [0.5, 0.6) is 5.75 Å². The Balaban J connectivity index is 1.69. The lowest BCUT2D eigenvalue weighted by atomic mass is 10.1. The zero-order chi connectivity index (χ0) is 18.6. The largest absolute Gasteiger partial charge is 0.493 e. The van der Waals surface area contributed by atoms with Gasteiger partial charge in [0.15, 0.2) is 11.1 Å². The summed E-state index contributed by atoms with van der Waals surface area (Å²) >= 11 is -1.98.